The molecule has 0 aliphatic rings. The average molecular weight is 222 g/mol. The van der Waals surface area contributed by atoms with Crippen LogP contribution in [-0.2, 0) is 0 Å². The number of anilines is 1. The largest absolute Gasteiger partial charge is 0.369 e. The Bertz CT molecular complexity index is 323. The van der Waals surface area contributed by atoms with Crippen LogP contribution in [0.1, 0.15) is 32.5 Å². The molecule has 1 rings (SSSR count). The number of aryl methyl sites for hydroxylation is 1. The first kappa shape index (κ1) is 12.9. The van der Waals surface area contributed by atoms with Crippen molar-refractivity contribution in [2.45, 2.75) is 33.6 Å². The van der Waals surface area contributed by atoms with E-state index in [1.165, 1.54) is 0 Å². The highest BCUT2D eigenvalue weighted by Gasteiger charge is 2.16. The number of nitrogens with two attached hydrogens (primary N) is 1. The Morgan fingerprint density at radius 1 is 1.44 bits per heavy atom. The zero-order valence-corrected chi connectivity index (χ0v) is 10.5. The van der Waals surface area contributed by atoms with Crippen molar-refractivity contribution < 1.29 is 0 Å². The maximum atomic E-state index is 5.52. The van der Waals surface area contributed by atoms with Gasteiger partial charge in [-0.1, -0.05) is 13.8 Å². The standard InChI is InChI=1S/C12H22N4/c1-10-14-8-5-11(16-10)15-9-12(2,3)6-4-7-13/h5,8H,4,6-7,9,13H2,1-3H3,(H,14,15,16). The molecule has 0 atom stereocenters. The lowest BCUT2D eigenvalue weighted by Gasteiger charge is -2.25. The monoisotopic (exact) mass is 222 g/mol. The van der Waals surface area contributed by atoms with Gasteiger partial charge in [0.2, 0.25) is 0 Å². The first-order valence-electron chi connectivity index (χ1n) is 5.77. The summed E-state index contributed by atoms with van der Waals surface area (Å²) < 4.78 is 0. The molecule has 0 radical (unpaired) electrons. The molecule has 1 aromatic rings. The lowest BCUT2D eigenvalue weighted by Crippen LogP contribution is -2.24. The summed E-state index contributed by atoms with van der Waals surface area (Å²) in [7, 11) is 0. The van der Waals surface area contributed by atoms with Crippen molar-refractivity contribution in [3.05, 3.63) is 18.1 Å². The molecule has 0 aliphatic heterocycles. The lowest BCUT2D eigenvalue weighted by atomic mass is 9.88. The van der Waals surface area contributed by atoms with Crippen molar-refractivity contribution in [3.63, 3.8) is 0 Å². The third kappa shape index (κ3) is 4.57. The molecular formula is C12H22N4. The van der Waals surface area contributed by atoms with Crippen molar-refractivity contribution in [1.82, 2.24) is 9.97 Å². The Balaban J connectivity index is 2.44. The number of nitrogens with zero attached hydrogens (tertiary/aromatic N) is 2. The van der Waals surface area contributed by atoms with Gasteiger partial charge in [-0.25, -0.2) is 9.97 Å². The topological polar surface area (TPSA) is 63.8 Å². The molecule has 4 nitrogen and oxygen atoms in total. The fourth-order valence-corrected chi connectivity index (χ4v) is 1.55. The molecule has 0 unspecified atom stereocenters. The van der Waals surface area contributed by atoms with E-state index < -0.39 is 0 Å². The maximum Gasteiger partial charge on any atom is 0.129 e. The highest BCUT2D eigenvalue weighted by molar-refractivity contribution is 5.32. The van der Waals surface area contributed by atoms with Gasteiger partial charge in [-0.2, -0.15) is 0 Å². The minimum Gasteiger partial charge on any atom is -0.369 e. The lowest BCUT2D eigenvalue weighted by molar-refractivity contribution is 0.350. The van der Waals surface area contributed by atoms with Crippen LogP contribution < -0.4 is 11.1 Å². The van der Waals surface area contributed by atoms with E-state index in [0.29, 0.717) is 0 Å². The van der Waals surface area contributed by atoms with Crippen molar-refractivity contribution in [3.8, 4) is 0 Å². The van der Waals surface area contributed by atoms with Crippen LogP contribution in [0.4, 0.5) is 5.82 Å². The van der Waals surface area contributed by atoms with E-state index in [2.05, 4.69) is 29.1 Å². The summed E-state index contributed by atoms with van der Waals surface area (Å²) in [4.78, 5) is 8.38. The molecule has 0 saturated carbocycles. The van der Waals surface area contributed by atoms with Crippen molar-refractivity contribution in [2.24, 2.45) is 11.1 Å². The van der Waals surface area contributed by atoms with Crippen LogP contribution in [0, 0.1) is 12.3 Å². The Hall–Kier alpha value is -1.16. The molecule has 0 saturated heterocycles. The summed E-state index contributed by atoms with van der Waals surface area (Å²) >= 11 is 0. The van der Waals surface area contributed by atoms with E-state index in [-0.39, 0.29) is 5.41 Å². The molecule has 90 valence electrons. The van der Waals surface area contributed by atoms with Gasteiger partial charge in [-0.3, -0.25) is 0 Å². The Morgan fingerprint density at radius 3 is 2.81 bits per heavy atom. The molecule has 4 heteroatoms. The van der Waals surface area contributed by atoms with Crippen LogP contribution in [-0.4, -0.2) is 23.1 Å². The third-order valence-electron chi connectivity index (χ3n) is 2.58. The number of rotatable bonds is 6. The van der Waals surface area contributed by atoms with Gasteiger partial charge in [0.05, 0.1) is 0 Å². The third-order valence-corrected chi connectivity index (χ3v) is 2.58. The fourth-order valence-electron chi connectivity index (χ4n) is 1.55. The van der Waals surface area contributed by atoms with Gasteiger partial charge in [0.25, 0.3) is 0 Å². The molecule has 0 amide bonds. The Morgan fingerprint density at radius 2 is 2.19 bits per heavy atom. The van der Waals surface area contributed by atoms with Gasteiger partial charge in [-0.05, 0) is 37.8 Å². The van der Waals surface area contributed by atoms with E-state index in [1.807, 2.05) is 13.0 Å². The van der Waals surface area contributed by atoms with Gasteiger partial charge in [0.1, 0.15) is 11.6 Å². The van der Waals surface area contributed by atoms with E-state index in [9.17, 15) is 0 Å². The van der Waals surface area contributed by atoms with Crippen molar-refractivity contribution >= 4 is 5.82 Å². The summed E-state index contributed by atoms with van der Waals surface area (Å²) in [6.45, 7) is 8.04. The average Bonchev–Trinajstić information content (AvgIpc) is 2.24. The number of aromatic nitrogens is 2. The quantitative estimate of drug-likeness (QED) is 0.772. The van der Waals surface area contributed by atoms with Crippen LogP contribution >= 0.6 is 0 Å². The zero-order valence-electron chi connectivity index (χ0n) is 10.5. The minimum atomic E-state index is 0.248. The Kier molecular flexibility index (Phi) is 4.68. The zero-order chi connectivity index (χ0) is 12.0. The van der Waals surface area contributed by atoms with Crippen LogP contribution in [0.15, 0.2) is 12.3 Å². The van der Waals surface area contributed by atoms with Gasteiger partial charge >= 0.3 is 0 Å². The van der Waals surface area contributed by atoms with Gasteiger partial charge in [0.15, 0.2) is 0 Å². The highest BCUT2D eigenvalue weighted by atomic mass is 15.0. The minimum absolute atomic E-state index is 0.248. The van der Waals surface area contributed by atoms with Gasteiger partial charge < -0.3 is 11.1 Å². The van der Waals surface area contributed by atoms with Gasteiger partial charge in [-0.15, -0.1) is 0 Å². The predicted molar refractivity (Wildman–Crippen MR) is 67.3 cm³/mol. The number of hydrogen-bond donors (Lipinski definition) is 2. The predicted octanol–water partition coefficient (Wildman–Crippen LogP) is 1.96. The second-order valence-electron chi connectivity index (χ2n) is 4.90. The molecule has 0 aromatic carbocycles. The normalized spacial score (nSPS) is 11.5. The van der Waals surface area contributed by atoms with E-state index >= 15 is 0 Å². The molecule has 16 heavy (non-hydrogen) atoms. The van der Waals surface area contributed by atoms with E-state index in [1.54, 1.807) is 6.20 Å². The molecule has 0 aliphatic carbocycles. The second-order valence-corrected chi connectivity index (χ2v) is 4.90. The summed E-state index contributed by atoms with van der Waals surface area (Å²) in [6.07, 6.45) is 3.97. The molecule has 0 fully saturated rings. The number of nitrogens with one attached hydrogen (secondary N) is 1. The van der Waals surface area contributed by atoms with Crippen LogP contribution in [0.25, 0.3) is 0 Å². The van der Waals surface area contributed by atoms with E-state index in [0.717, 1.165) is 37.6 Å². The Labute approximate surface area is 97.7 Å². The summed E-state index contributed by atoms with van der Waals surface area (Å²) in [6, 6.07) is 1.89. The number of hydrogen-bond acceptors (Lipinski definition) is 4. The summed E-state index contributed by atoms with van der Waals surface area (Å²) in [5, 5.41) is 3.34. The van der Waals surface area contributed by atoms with Crippen LogP contribution in [0.3, 0.4) is 0 Å². The van der Waals surface area contributed by atoms with Crippen LogP contribution in [0.5, 0.6) is 0 Å². The SMILES string of the molecule is Cc1nccc(NCC(C)(C)CCCN)n1. The molecule has 3 N–H and O–H groups in total. The maximum absolute atomic E-state index is 5.52. The fraction of sp³-hybridized carbons (Fsp3) is 0.667. The highest BCUT2D eigenvalue weighted by Crippen LogP contribution is 2.22. The van der Waals surface area contributed by atoms with Crippen molar-refractivity contribution in [2.75, 3.05) is 18.4 Å². The first-order valence-corrected chi connectivity index (χ1v) is 5.77. The molecule has 1 heterocycles. The van der Waals surface area contributed by atoms with Gasteiger partial charge in [0, 0.05) is 12.7 Å². The molecule has 0 bridgehead atoms. The first-order chi connectivity index (χ1) is 7.53. The second kappa shape index (κ2) is 5.80. The van der Waals surface area contributed by atoms with Crippen molar-refractivity contribution in [1.29, 1.82) is 0 Å². The summed E-state index contributed by atoms with van der Waals surface area (Å²) in [5.74, 6) is 1.69. The summed E-state index contributed by atoms with van der Waals surface area (Å²) in [5.41, 5.74) is 5.77. The molecular weight excluding hydrogens is 200 g/mol. The molecule has 0 spiro atoms. The van der Waals surface area contributed by atoms with E-state index in [4.69, 9.17) is 5.73 Å². The molecule has 1 aromatic heterocycles. The smallest absolute Gasteiger partial charge is 0.129 e. The van der Waals surface area contributed by atoms with Crippen LogP contribution in [0.2, 0.25) is 0 Å².